The minimum absolute atomic E-state index is 0.141. The molecule has 102 valence electrons. The van der Waals surface area contributed by atoms with Crippen LogP contribution < -0.4 is 0 Å². The third-order valence-corrected chi connectivity index (χ3v) is 3.87. The summed E-state index contributed by atoms with van der Waals surface area (Å²) in [5, 5.41) is 6.70. The van der Waals surface area contributed by atoms with E-state index in [-0.39, 0.29) is 5.41 Å². The summed E-state index contributed by atoms with van der Waals surface area (Å²) in [5.41, 5.74) is 2.90. The fraction of sp³-hybridized carbons (Fsp3) is 0.667. The van der Waals surface area contributed by atoms with Gasteiger partial charge in [-0.2, -0.15) is 5.10 Å². The van der Waals surface area contributed by atoms with E-state index in [4.69, 9.17) is 0 Å². The van der Waals surface area contributed by atoms with Crippen molar-refractivity contribution in [3.8, 4) is 0 Å². The molecule has 0 bridgehead atoms. The highest BCUT2D eigenvalue weighted by molar-refractivity contribution is 8.02. The smallest absolute Gasteiger partial charge is 0.0893 e. The number of hydrogen-bond donors (Lipinski definition) is 0. The highest BCUT2D eigenvalue weighted by Gasteiger charge is 2.19. The van der Waals surface area contributed by atoms with E-state index < -0.39 is 0 Å². The predicted molar refractivity (Wildman–Crippen MR) is 82.9 cm³/mol. The summed E-state index contributed by atoms with van der Waals surface area (Å²) in [6, 6.07) is 0. The lowest BCUT2D eigenvalue weighted by molar-refractivity contribution is 0.481. The fourth-order valence-corrected chi connectivity index (χ4v) is 2.44. The second kappa shape index (κ2) is 5.52. The van der Waals surface area contributed by atoms with E-state index in [1.54, 1.807) is 0 Å². The Morgan fingerprint density at radius 3 is 2.33 bits per heavy atom. The van der Waals surface area contributed by atoms with Crippen molar-refractivity contribution in [2.75, 3.05) is 5.75 Å². The van der Waals surface area contributed by atoms with Crippen LogP contribution in [0.15, 0.2) is 11.6 Å². The van der Waals surface area contributed by atoms with E-state index >= 15 is 0 Å². The highest BCUT2D eigenvalue weighted by Crippen LogP contribution is 2.27. The highest BCUT2D eigenvalue weighted by atomic mass is 32.2. The summed E-state index contributed by atoms with van der Waals surface area (Å²) in [5.74, 6) is 1.13. The van der Waals surface area contributed by atoms with Crippen molar-refractivity contribution < 1.29 is 0 Å². The Hall–Kier alpha value is -0.700. The van der Waals surface area contributed by atoms with Crippen LogP contribution >= 0.6 is 11.8 Å². The molecule has 0 aliphatic carbocycles. The maximum atomic E-state index is 4.53. The third kappa shape index (κ3) is 4.89. The number of aromatic nitrogens is 2. The molecular formula is C15H26N2S. The fourth-order valence-electron chi connectivity index (χ4n) is 1.62. The van der Waals surface area contributed by atoms with Gasteiger partial charge in [0.15, 0.2) is 0 Å². The maximum Gasteiger partial charge on any atom is 0.0893 e. The summed E-state index contributed by atoms with van der Waals surface area (Å²) in [7, 11) is 1.98. The van der Waals surface area contributed by atoms with Gasteiger partial charge in [0.05, 0.1) is 5.69 Å². The van der Waals surface area contributed by atoms with Gasteiger partial charge < -0.3 is 0 Å². The third-order valence-electron chi connectivity index (χ3n) is 2.50. The first-order valence-electron chi connectivity index (χ1n) is 6.42. The van der Waals surface area contributed by atoms with Crippen LogP contribution in [0.1, 0.15) is 52.8 Å². The van der Waals surface area contributed by atoms with Crippen LogP contribution in [-0.2, 0) is 12.5 Å². The van der Waals surface area contributed by atoms with E-state index in [9.17, 15) is 0 Å². The van der Waals surface area contributed by atoms with E-state index in [1.807, 2.05) is 23.5 Å². The molecule has 3 heteroatoms. The first kappa shape index (κ1) is 15.4. The molecule has 1 aromatic rings. The van der Waals surface area contributed by atoms with Gasteiger partial charge in [-0.3, -0.25) is 4.68 Å². The molecule has 0 aromatic carbocycles. The van der Waals surface area contributed by atoms with Crippen molar-refractivity contribution in [1.82, 2.24) is 9.78 Å². The molecule has 0 fully saturated rings. The molecule has 1 aromatic heterocycles. The van der Waals surface area contributed by atoms with E-state index in [0.29, 0.717) is 5.41 Å². The maximum absolute atomic E-state index is 4.53. The topological polar surface area (TPSA) is 17.8 Å². The molecule has 0 saturated carbocycles. The van der Waals surface area contributed by atoms with Gasteiger partial charge in [0.1, 0.15) is 0 Å². The summed E-state index contributed by atoms with van der Waals surface area (Å²) in [4.78, 5) is 0. The van der Waals surface area contributed by atoms with Crippen molar-refractivity contribution in [2.45, 2.75) is 47.0 Å². The van der Waals surface area contributed by atoms with Crippen LogP contribution in [0.5, 0.6) is 0 Å². The van der Waals surface area contributed by atoms with Gasteiger partial charge in [-0.1, -0.05) is 41.5 Å². The zero-order valence-electron chi connectivity index (χ0n) is 12.7. The zero-order valence-corrected chi connectivity index (χ0v) is 13.6. The normalized spacial score (nSPS) is 13.5. The van der Waals surface area contributed by atoms with E-state index in [0.717, 1.165) is 11.4 Å². The Morgan fingerprint density at radius 1 is 1.22 bits per heavy atom. The zero-order chi connectivity index (χ0) is 14.0. The monoisotopic (exact) mass is 266 g/mol. The van der Waals surface area contributed by atoms with Gasteiger partial charge >= 0.3 is 0 Å². The lowest BCUT2D eigenvalue weighted by Gasteiger charge is -2.17. The molecule has 18 heavy (non-hydrogen) atoms. The number of hydrogen-bond acceptors (Lipinski definition) is 2. The molecule has 0 amide bonds. The molecule has 1 rings (SSSR count). The second-order valence-corrected chi connectivity index (χ2v) is 7.92. The minimum Gasteiger partial charge on any atom is -0.275 e. The average molecular weight is 266 g/mol. The Balaban J connectivity index is 2.76. The van der Waals surface area contributed by atoms with Crippen LogP contribution in [-0.4, -0.2) is 15.5 Å². The number of thioether (sulfide) groups is 1. The van der Waals surface area contributed by atoms with Crippen LogP contribution in [0.2, 0.25) is 0 Å². The van der Waals surface area contributed by atoms with Crippen molar-refractivity contribution >= 4 is 17.8 Å². The number of rotatable bonds is 3. The Labute approximate surface area is 116 Å². The molecule has 0 atom stereocenters. The van der Waals surface area contributed by atoms with Crippen LogP contribution in [0, 0.1) is 5.41 Å². The van der Waals surface area contributed by atoms with Crippen LogP contribution in [0.3, 0.4) is 0 Å². The summed E-state index contributed by atoms with van der Waals surface area (Å²) < 4.78 is 1.90. The summed E-state index contributed by atoms with van der Waals surface area (Å²) in [6.07, 6.45) is 4.26. The van der Waals surface area contributed by atoms with E-state index in [1.165, 1.54) is 5.56 Å². The van der Waals surface area contributed by atoms with Gasteiger partial charge in [0, 0.05) is 24.6 Å². The van der Waals surface area contributed by atoms with Gasteiger partial charge in [-0.15, -0.1) is 11.8 Å². The Bertz CT molecular complexity index is 417. The second-order valence-electron chi connectivity index (χ2n) is 7.03. The molecule has 0 unspecified atom stereocenters. The molecule has 0 N–H and O–H groups in total. The average Bonchev–Trinajstić information content (AvgIpc) is 2.52. The summed E-state index contributed by atoms with van der Waals surface area (Å²) in [6.45, 7) is 13.5. The molecular weight excluding hydrogens is 240 g/mol. The van der Waals surface area contributed by atoms with Gasteiger partial charge in [-0.05, 0) is 22.3 Å². The largest absolute Gasteiger partial charge is 0.275 e. The number of aryl methyl sites for hydroxylation is 1. The Morgan fingerprint density at radius 2 is 1.83 bits per heavy atom. The Kier molecular flexibility index (Phi) is 4.71. The lowest BCUT2D eigenvalue weighted by Crippen LogP contribution is -2.11. The predicted octanol–water partition coefficient (Wildman–Crippen LogP) is 4.47. The minimum atomic E-state index is 0.141. The molecule has 2 nitrogen and oxygen atoms in total. The van der Waals surface area contributed by atoms with Crippen molar-refractivity contribution in [1.29, 1.82) is 0 Å². The van der Waals surface area contributed by atoms with Gasteiger partial charge in [0.25, 0.3) is 0 Å². The van der Waals surface area contributed by atoms with Gasteiger partial charge in [-0.25, -0.2) is 0 Å². The first-order chi connectivity index (χ1) is 8.09. The SMILES string of the molecule is Cn1cc(C(C)(C)C)c(/C=C\SCC(C)(C)C)n1. The van der Waals surface area contributed by atoms with Crippen LogP contribution in [0.4, 0.5) is 0 Å². The van der Waals surface area contributed by atoms with Crippen molar-refractivity contribution in [2.24, 2.45) is 12.5 Å². The lowest BCUT2D eigenvalue weighted by atomic mass is 9.87. The van der Waals surface area contributed by atoms with Crippen molar-refractivity contribution in [3.63, 3.8) is 0 Å². The molecule has 1 heterocycles. The molecule has 0 radical (unpaired) electrons. The van der Waals surface area contributed by atoms with Crippen molar-refractivity contribution in [3.05, 3.63) is 22.9 Å². The summed E-state index contributed by atoms with van der Waals surface area (Å²) >= 11 is 1.85. The molecule has 0 spiro atoms. The molecule has 0 aliphatic heterocycles. The first-order valence-corrected chi connectivity index (χ1v) is 7.47. The van der Waals surface area contributed by atoms with Crippen LogP contribution in [0.25, 0.3) is 6.08 Å². The van der Waals surface area contributed by atoms with E-state index in [2.05, 4.69) is 64.3 Å². The molecule has 0 aliphatic rings. The number of nitrogens with zero attached hydrogens (tertiary/aromatic N) is 2. The quantitative estimate of drug-likeness (QED) is 0.803. The standard InChI is InChI=1S/C15H26N2S/c1-14(2,3)11-18-9-8-13-12(15(4,5)6)10-17(7)16-13/h8-10H,11H2,1-7H3/b9-8-. The molecule has 0 saturated heterocycles. The van der Waals surface area contributed by atoms with Gasteiger partial charge in [0.2, 0.25) is 0 Å².